The number of rotatable bonds is 3. The van der Waals surface area contributed by atoms with Gasteiger partial charge in [0, 0.05) is 26.2 Å². The zero-order valence-corrected chi connectivity index (χ0v) is 15.9. The minimum atomic E-state index is -0.356. The Hall–Kier alpha value is -2.74. The van der Waals surface area contributed by atoms with Crippen molar-refractivity contribution in [2.75, 3.05) is 43.1 Å². The van der Waals surface area contributed by atoms with Gasteiger partial charge in [-0.25, -0.2) is 19.2 Å². The topological polar surface area (TPSA) is 58.6 Å². The summed E-state index contributed by atoms with van der Waals surface area (Å²) in [5.41, 5.74) is 1.47. The summed E-state index contributed by atoms with van der Waals surface area (Å²) in [4.78, 5) is 26.4. The Balaban J connectivity index is 1.62. The SMILES string of the molecule is COC(=O)c1sc2ncnc(N3CCN(c4ccccc4F)CC3)c2c1C. The molecule has 1 aromatic carbocycles. The van der Waals surface area contributed by atoms with E-state index in [2.05, 4.69) is 14.9 Å². The number of thiophene rings is 1. The van der Waals surface area contributed by atoms with Crippen LogP contribution in [0.3, 0.4) is 0 Å². The van der Waals surface area contributed by atoms with Gasteiger partial charge in [0.2, 0.25) is 0 Å². The number of fused-ring (bicyclic) bond motifs is 1. The third kappa shape index (κ3) is 3.10. The number of anilines is 2. The average molecular weight is 386 g/mol. The highest BCUT2D eigenvalue weighted by Gasteiger charge is 2.25. The highest BCUT2D eigenvalue weighted by atomic mass is 32.1. The molecule has 1 saturated heterocycles. The first kappa shape index (κ1) is 17.7. The lowest BCUT2D eigenvalue weighted by Crippen LogP contribution is -2.47. The number of ether oxygens (including phenoxy) is 1. The van der Waals surface area contributed by atoms with Gasteiger partial charge >= 0.3 is 5.97 Å². The first-order chi connectivity index (χ1) is 13.1. The quantitative estimate of drug-likeness (QED) is 0.644. The van der Waals surface area contributed by atoms with Gasteiger partial charge in [-0.15, -0.1) is 11.3 Å². The van der Waals surface area contributed by atoms with Crippen molar-refractivity contribution in [2.24, 2.45) is 0 Å². The summed E-state index contributed by atoms with van der Waals surface area (Å²) in [6, 6.07) is 6.84. The molecular formula is C19H19FN4O2S. The third-order valence-corrected chi connectivity index (χ3v) is 6.03. The second-order valence-electron chi connectivity index (χ2n) is 6.35. The molecule has 0 amide bonds. The van der Waals surface area contributed by atoms with Crippen molar-refractivity contribution < 1.29 is 13.9 Å². The summed E-state index contributed by atoms with van der Waals surface area (Å²) in [7, 11) is 1.38. The Labute approximate surface area is 160 Å². The summed E-state index contributed by atoms with van der Waals surface area (Å²) < 4.78 is 18.9. The van der Waals surface area contributed by atoms with Gasteiger partial charge in [0.15, 0.2) is 0 Å². The fourth-order valence-electron chi connectivity index (χ4n) is 3.45. The summed E-state index contributed by atoms with van der Waals surface area (Å²) >= 11 is 1.32. The molecule has 0 aliphatic carbocycles. The number of hydrogen-bond acceptors (Lipinski definition) is 7. The Morgan fingerprint density at radius 3 is 2.56 bits per heavy atom. The van der Waals surface area contributed by atoms with E-state index in [-0.39, 0.29) is 11.8 Å². The second-order valence-corrected chi connectivity index (χ2v) is 7.35. The molecule has 140 valence electrons. The lowest BCUT2D eigenvalue weighted by molar-refractivity contribution is 0.0605. The number of methoxy groups -OCH3 is 1. The monoisotopic (exact) mass is 386 g/mol. The van der Waals surface area contributed by atoms with Crippen molar-refractivity contribution in [1.29, 1.82) is 0 Å². The molecule has 3 aromatic rings. The van der Waals surface area contributed by atoms with Gasteiger partial charge < -0.3 is 14.5 Å². The van der Waals surface area contributed by atoms with E-state index in [4.69, 9.17) is 4.74 Å². The molecule has 4 rings (SSSR count). The van der Waals surface area contributed by atoms with E-state index in [0.717, 1.165) is 21.6 Å². The number of aryl methyl sites for hydroxylation is 1. The van der Waals surface area contributed by atoms with E-state index in [1.807, 2.05) is 17.9 Å². The molecule has 0 atom stereocenters. The molecule has 8 heteroatoms. The van der Waals surface area contributed by atoms with Crippen LogP contribution in [0.4, 0.5) is 15.9 Å². The molecular weight excluding hydrogens is 367 g/mol. The normalized spacial score (nSPS) is 14.6. The van der Waals surface area contributed by atoms with Gasteiger partial charge in [0.25, 0.3) is 0 Å². The number of carbonyl (C=O) groups is 1. The predicted molar refractivity (Wildman–Crippen MR) is 104 cm³/mol. The molecule has 0 unspecified atom stereocenters. The number of benzene rings is 1. The van der Waals surface area contributed by atoms with Gasteiger partial charge in [0.05, 0.1) is 18.2 Å². The number of para-hydroxylation sites is 1. The van der Waals surface area contributed by atoms with Crippen molar-refractivity contribution in [1.82, 2.24) is 9.97 Å². The predicted octanol–water partition coefficient (Wildman–Crippen LogP) is 3.25. The van der Waals surface area contributed by atoms with Crippen molar-refractivity contribution in [2.45, 2.75) is 6.92 Å². The number of hydrogen-bond donors (Lipinski definition) is 0. The van der Waals surface area contributed by atoms with Crippen LogP contribution in [0.2, 0.25) is 0 Å². The lowest BCUT2D eigenvalue weighted by atomic mass is 10.1. The first-order valence-corrected chi connectivity index (χ1v) is 9.48. The number of halogens is 1. The van der Waals surface area contributed by atoms with Crippen LogP contribution in [0.15, 0.2) is 30.6 Å². The zero-order valence-electron chi connectivity index (χ0n) is 15.1. The number of aromatic nitrogens is 2. The van der Waals surface area contributed by atoms with Gasteiger partial charge in [-0.3, -0.25) is 0 Å². The van der Waals surface area contributed by atoms with Gasteiger partial charge in [0.1, 0.15) is 27.7 Å². The van der Waals surface area contributed by atoms with Gasteiger partial charge in [-0.1, -0.05) is 12.1 Å². The van der Waals surface area contributed by atoms with Crippen LogP contribution in [-0.2, 0) is 4.74 Å². The largest absolute Gasteiger partial charge is 0.465 e. The first-order valence-electron chi connectivity index (χ1n) is 8.67. The summed E-state index contributed by atoms with van der Waals surface area (Å²) in [6.45, 7) is 4.71. The fourth-order valence-corrected chi connectivity index (χ4v) is 4.51. The van der Waals surface area contributed by atoms with Gasteiger partial charge in [-0.05, 0) is 24.6 Å². The summed E-state index contributed by atoms with van der Waals surface area (Å²) in [5.74, 6) is 0.259. The summed E-state index contributed by atoms with van der Waals surface area (Å²) in [5, 5.41) is 0.891. The standard InChI is InChI=1S/C19H19FN4O2S/c1-12-15-17(21-11-22-18(15)27-16(12)19(25)26-2)24-9-7-23(8-10-24)14-6-4-3-5-13(14)20/h3-6,11H,7-10H2,1-2H3. The highest BCUT2D eigenvalue weighted by Crippen LogP contribution is 2.35. The van der Waals surface area contributed by atoms with Crippen LogP contribution >= 0.6 is 11.3 Å². The van der Waals surface area contributed by atoms with E-state index in [0.29, 0.717) is 36.7 Å². The Bertz CT molecular complexity index is 999. The minimum absolute atomic E-state index is 0.202. The van der Waals surface area contributed by atoms with Gasteiger partial charge in [-0.2, -0.15) is 0 Å². The van der Waals surface area contributed by atoms with E-state index in [9.17, 15) is 9.18 Å². The molecule has 0 radical (unpaired) electrons. The lowest BCUT2D eigenvalue weighted by Gasteiger charge is -2.37. The van der Waals surface area contributed by atoms with Crippen molar-refractivity contribution in [3.8, 4) is 0 Å². The molecule has 6 nitrogen and oxygen atoms in total. The van der Waals surface area contributed by atoms with Crippen LogP contribution in [0.25, 0.3) is 10.2 Å². The minimum Gasteiger partial charge on any atom is -0.465 e. The number of carbonyl (C=O) groups excluding carboxylic acids is 1. The molecule has 0 saturated carbocycles. The molecule has 27 heavy (non-hydrogen) atoms. The molecule has 3 heterocycles. The average Bonchev–Trinajstić information content (AvgIpc) is 3.05. The van der Waals surface area contributed by atoms with Crippen LogP contribution in [-0.4, -0.2) is 49.2 Å². The third-order valence-electron chi connectivity index (χ3n) is 4.85. The maximum absolute atomic E-state index is 14.0. The fraction of sp³-hybridized carbons (Fsp3) is 0.316. The Morgan fingerprint density at radius 2 is 1.85 bits per heavy atom. The molecule has 1 aliphatic heterocycles. The molecule has 1 fully saturated rings. The zero-order chi connectivity index (χ0) is 19.0. The smallest absolute Gasteiger partial charge is 0.348 e. The van der Waals surface area contributed by atoms with E-state index in [1.54, 1.807) is 12.1 Å². The van der Waals surface area contributed by atoms with Crippen LogP contribution in [0.1, 0.15) is 15.2 Å². The molecule has 1 aliphatic rings. The van der Waals surface area contributed by atoms with E-state index < -0.39 is 0 Å². The van der Waals surface area contributed by atoms with Crippen LogP contribution in [0.5, 0.6) is 0 Å². The number of piperazine rings is 1. The molecule has 0 spiro atoms. The maximum atomic E-state index is 14.0. The van der Waals surface area contributed by atoms with Crippen LogP contribution in [0, 0.1) is 12.7 Å². The number of nitrogens with zero attached hydrogens (tertiary/aromatic N) is 4. The Kier molecular flexibility index (Phi) is 4.65. The van der Waals surface area contributed by atoms with Crippen molar-refractivity contribution in [3.05, 3.63) is 46.9 Å². The van der Waals surface area contributed by atoms with E-state index in [1.165, 1.54) is 30.8 Å². The van der Waals surface area contributed by atoms with Crippen molar-refractivity contribution >= 4 is 39.0 Å². The summed E-state index contributed by atoms with van der Waals surface area (Å²) in [6.07, 6.45) is 1.53. The highest BCUT2D eigenvalue weighted by molar-refractivity contribution is 7.20. The van der Waals surface area contributed by atoms with Crippen LogP contribution < -0.4 is 9.80 Å². The second kappa shape index (κ2) is 7.11. The number of esters is 1. The molecule has 0 N–H and O–H groups in total. The molecule has 0 bridgehead atoms. The molecule has 2 aromatic heterocycles. The van der Waals surface area contributed by atoms with Crippen molar-refractivity contribution in [3.63, 3.8) is 0 Å². The maximum Gasteiger partial charge on any atom is 0.348 e. The van der Waals surface area contributed by atoms with E-state index >= 15 is 0 Å². The Morgan fingerprint density at radius 1 is 1.15 bits per heavy atom.